The van der Waals surface area contributed by atoms with Crippen LogP contribution in [0.5, 0.6) is 0 Å². The highest BCUT2D eigenvalue weighted by atomic mass is 16.5. The summed E-state index contributed by atoms with van der Waals surface area (Å²) in [4.78, 5) is 34.3. The SMILES string of the molecule is CCN1CCN(CCC(=O)N2CCCCC2C(=O)N2CCOCC2)CC1. The molecule has 26 heavy (non-hydrogen) atoms. The first-order valence-electron chi connectivity index (χ1n) is 10.3. The van der Waals surface area contributed by atoms with Gasteiger partial charge in [0.1, 0.15) is 6.04 Å². The van der Waals surface area contributed by atoms with E-state index < -0.39 is 0 Å². The van der Waals surface area contributed by atoms with E-state index in [0.29, 0.717) is 32.7 Å². The third-order valence-corrected chi connectivity index (χ3v) is 5.98. The van der Waals surface area contributed by atoms with E-state index in [1.807, 2.05) is 9.80 Å². The third kappa shape index (κ3) is 4.96. The van der Waals surface area contributed by atoms with Crippen LogP contribution in [0.2, 0.25) is 0 Å². The Labute approximate surface area is 157 Å². The number of ether oxygens (including phenoxy) is 1. The van der Waals surface area contributed by atoms with Gasteiger partial charge in [0, 0.05) is 58.8 Å². The number of amides is 2. The smallest absolute Gasteiger partial charge is 0.245 e. The van der Waals surface area contributed by atoms with Crippen molar-refractivity contribution in [3.63, 3.8) is 0 Å². The van der Waals surface area contributed by atoms with Crippen LogP contribution in [0.1, 0.15) is 32.6 Å². The second kappa shape index (κ2) is 9.67. The monoisotopic (exact) mass is 366 g/mol. The number of likely N-dealkylation sites (tertiary alicyclic amines) is 1. The van der Waals surface area contributed by atoms with Gasteiger partial charge in [-0.1, -0.05) is 6.92 Å². The van der Waals surface area contributed by atoms with Gasteiger partial charge in [-0.05, 0) is 25.8 Å². The van der Waals surface area contributed by atoms with Crippen LogP contribution in [0.15, 0.2) is 0 Å². The Balaban J connectivity index is 1.50. The number of rotatable bonds is 5. The standard InChI is InChI=1S/C19H34N4O3/c1-2-20-9-11-21(12-10-20)8-6-18(24)23-7-4-3-5-17(23)19(25)22-13-15-26-16-14-22/h17H,2-16H2,1H3. The topological polar surface area (TPSA) is 56.3 Å². The Kier molecular flexibility index (Phi) is 7.28. The highest BCUT2D eigenvalue weighted by Gasteiger charge is 2.35. The van der Waals surface area contributed by atoms with Crippen LogP contribution in [-0.4, -0.2) is 110 Å². The molecule has 148 valence electrons. The van der Waals surface area contributed by atoms with Crippen LogP contribution >= 0.6 is 0 Å². The van der Waals surface area contributed by atoms with Gasteiger partial charge in [0.05, 0.1) is 13.2 Å². The summed E-state index contributed by atoms with van der Waals surface area (Å²) >= 11 is 0. The lowest BCUT2D eigenvalue weighted by molar-refractivity contribution is -0.150. The fourth-order valence-corrected chi connectivity index (χ4v) is 4.21. The molecular weight excluding hydrogens is 332 g/mol. The van der Waals surface area contributed by atoms with E-state index in [0.717, 1.165) is 65.1 Å². The molecular formula is C19H34N4O3. The number of piperazine rings is 1. The predicted molar refractivity (Wildman–Crippen MR) is 99.9 cm³/mol. The van der Waals surface area contributed by atoms with Crippen molar-refractivity contribution >= 4 is 11.8 Å². The summed E-state index contributed by atoms with van der Waals surface area (Å²) in [6.07, 6.45) is 3.37. The van der Waals surface area contributed by atoms with E-state index in [1.165, 1.54) is 0 Å². The molecule has 7 heteroatoms. The number of hydrogen-bond donors (Lipinski definition) is 0. The fourth-order valence-electron chi connectivity index (χ4n) is 4.21. The molecule has 7 nitrogen and oxygen atoms in total. The molecule has 3 fully saturated rings. The molecule has 3 saturated heterocycles. The summed E-state index contributed by atoms with van der Waals surface area (Å²) in [5, 5.41) is 0. The summed E-state index contributed by atoms with van der Waals surface area (Å²) in [7, 11) is 0. The second-order valence-electron chi connectivity index (χ2n) is 7.56. The Bertz CT molecular complexity index is 473. The molecule has 3 rings (SSSR count). The maximum absolute atomic E-state index is 12.9. The first-order chi connectivity index (χ1) is 12.7. The molecule has 1 atom stereocenters. The molecule has 0 aromatic heterocycles. The van der Waals surface area contributed by atoms with Crippen molar-refractivity contribution in [2.45, 2.75) is 38.6 Å². The Morgan fingerprint density at radius 2 is 1.62 bits per heavy atom. The second-order valence-corrected chi connectivity index (χ2v) is 7.56. The van der Waals surface area contributed by atoms with Crippen molar-refractivity contribution in [1.82, 2.24) is 19.6 Å². The lowest BCUT2D eigenvalue weighted by Gasteiger charge is -2.39. The zero-order valence-corrected chi connectivity index (χ0v) is 16.2. The number of morpholine rings is 1. The molecule has 0 bridgehead atoms. The van der Waals surface area contributed by atoms with E-state index in [9.17, 15) is 9.59 Å². The summed E-state index contributed by atoms with van der Waals surface area (Å²) in [5.74, 6) is 0.271. The van der Waals surface area contributed by atoms with E-state index >= 15 is 0 Å². The minimum Gasteiger partial charge on any atom is -0.378 e. The van der Waals surface area contributed by atoms with Gasteiger partial charge in [-0.25, -0.2) is 0 Å². The van der Waals surface area contributed by atoms with Gasteiger partial charge in [0.25, 0.3) is 0 Å². The largest absolute Gasteiger partial charge is 0.378 e. The average Bonchev–Trinajstić information content (AvgIpc) is 2.72. The normalized spacial score (nSPS) is 26.1. The van der Waals surface area contributed by atoms with Crippen molar-refractivity contribution in [1.29, 1.82) is 0 Å². The van der Waals surface area contributed by atoms with Gasteiger partial charge >= 0.3 is 0 Å². The maximum Gasteiger partial charge on any atom is 0.245 e. The Morgan fingerprint density at radius 3 is 2.31 bits per heavy atom. The number of carbonyl (C=O) groups is 2. The summed E-state index contributed by atoms with van der Waals surface area (Å²) in [5.41, 5.74) is 0. The molecule has 0 aromatic rings. The molecule has 1 unspecified atom stereocenters. The van der Waals surface area contributed by atoms with Crippen molar-refractivity contribution in [2.75, 3.05) is 72.1 Å². The highest BCUT2D eigenvalue weighted by Crippen LogP contribution is 2.21. The lowest BCUT2D eigenvalue weighted by Crippen LogP contribution is -2.55. The van der Waals surface area contributed by atoms with Gasteiger partial charge in [0.15, 0.2) is 0 Å². The fraction of sp³-hybridized carbons (Fsp3) is 0.895. The third-order valence-electron chi connectivity index (χ3n) is 5.98. The molecule has 2 amide bonds. The van der Waals surface area contributed by atoms with Crippen molar-refractivity contribution in [3.05, 3.63) is 0 Å². The minimum atomic E-state index is -0.258. The first-order valence-corrected chi connectivity index (χ1v) is 10.3. The zero-order chi connectivity index (χ0) is 18.4. The van der Waals surface area contributed by atoms with Gasteiger partial charge in [-0.3, -0.25) is 9.59 Å². The van der Waals surface area contributed by atoms with E-state index in [1.54, 1.807) is 0 Å². The van der Waals surface area contributed by atoms with Crippen LogP contribution in [0.25, 0.3) is 0 Å². The lowest BCUT2D eigenvalue weighted by atomic mass is 10.00. The van der Waals surface area contributed by atoms with Crippen LogP contribution < -0.4 is 0 Å². The molecule has 3 aliphatic heterocycles. The molecule has 0 aromatic carbocycles. The molecule has 0 radical (unpaired) electrons. The van der Waals surface area contributed by atoms with Crippen LogP contribution in [0.4, 0.5) is 0 Å². The maximum atomic E-state index is 12.9. The van der Waals surface area contributed by atoms with Crippen molar-refractivity contribution in [3.8, 4) is 0 Å². The molecule has 0 N–H and O–H groups in total. The molecule has 0 aliphatic carbocycles. The minimum absolute atomic E-state index is 0.123. The van der Waals surface area contributed by atoms with Gasteiger partial charge in [0.2, 0.25) is 11.8 Å². The predicted octanol–water partition coefficient (Wildman–Crippen LogP) is 0.254. The van der Waals surface area contributed by atoms with Gasteiger partial charge in [-0.15, -0.1) is 0 Å². The molecule has 3 heterocycles. The molecule has 3 aliphatic rings. The van der Waals surface area contributed by atoms with Crippen LogP contribution in [-0.2, 0) is 14.3 Å². The first kappa shape index (κ1) is 19.6. The van der Waals surface area contributed by atoms with Crippen LogP contribution in [0, 0.1) is 0 Å². The van der Waals surface area contributed by atoms with Crippen molar-refractivity contribution in [2.24, 2.45) is 0 Å². The summed E-state index contributed by atoms with van der Waals surface area (Å²) in [6, 6.07) is -0.258. The van der Waals surface area contributed by atoms with Crippen molar-refractivity contribution < 1.29 is 14.3 Å². The van der Waals surface area contributed by atoms with E-state index in [2.05, 4.69) is 16.7 Å². The van der Waals surface area contributed by atoms with Gasteiger partial charge in [-0.2, -0.15) is 0 Å². The van der Waals surface area contributed by atoms with E-state index in [4.69, 9.17) is 4.74 Å². The summed E-state index contributed by atoms with van der Waals surface area (Å²) in [6.45, 7) is 11.6. The molecule has 0 saturated carbocycles. The number of piperidine rings is 1. The number of nitrogens with zero attached hydrogens (tertiary/aromatic N) is 4. The number of likely N-dealkylation sites (N-methyl/N-ethyl adjacent to an activating group) is 1. The Hall–Kier alpha value is -1.18. The molecule has 0 spiro atoms. The zero-order valence-electron chi connectivity index (χ0n) is 16.2. The van der Waals surface area contributed by atoms with E-state index in [-0.39, 0.29) is 17.9 Å². The quantitative estimate of drug-likeness (QED) is 0.698. The summed E-state index contributed by atoms with van der Waals surface area (Å²) < 4.78 is 5.35. The number of hydrogen-bond acceptors (Lipinski definition) is 5. The average molecular weight is 367 g/mol. The number of carbonyl (C=O) groups excluding carboxylic acids is 2. The van der Waals surface area contributed by atoms with Gasteiger partial charge < -0.3 is 24.3 Å². The van der Waals surface area contributed by atoms with Crippen LogP contribution in [0.3, 0.4) is 0 Å². The highest BCUT2D eigenvalue weighted by molar-refractivity contribution is 5.88. The Morgan fingerprint density at radius 1 is 0.923 bits per heavy atom.